The van der Waals surface area contributed by atoms with Crippen LogP contribution in [0, 0.1) is 18.8 Å². The van der Waals surface area contributed by atoms with Crippen molar-refractivity contribution < 1.29 is 13.2 Å². The van der Waals surface area contributed by atoms with Gasteiger partial charge in [0, 0.05) is 49.3 Å². The maximum atomic E-state index is 12.1. The smallest absolute Gasteiger partial charge is 0.221 e. The molecule has 1 aromatic heterocycles. The second-order valence-corrected chi connectivity index (χ2v) is 9.28. The first-order valence-corrected chi connectivity index (χ1v) is 10.4. The highest BCUT2D eigenvalue weighted by Crippen LogP contribution is 2.29. The first kappa shape index (κ1) is 21.7. The molecule has 0 saturated carbocycles. The Kier molecular flexibility index (Phi) is 7.68. The van der Waals surface area contributed by atoms with Crippen LogP contribution in [0.25, 0.3) is 0 Å². The summed E-state index contributed by atoms with van der Waals surface area (Å²) in [7, 11) is -3.12. The van der Waals surface area contributed by atoms with Crippen LogP contribution in [0.4, 0.5) is 5.69 Å². The van der Waals surface area contributed by atoms with Gasteiger partial charge < -0.3 is 10.2 Å². The molecule has 1 aliphatic heterocycles. The summed E-state index contributed by atoms with van der Waals surface area (Å²) in [5.74, 6) is 0.466. The van der Waals surface area contributed by atoms with Crippen molar-refractivity contribution in [3.63, 3.8) is 0 Å². The standard InChI is InChI=1S/C17H27N3O3S.ClH/c1-12(2)15-10-20(14-5-7-18-13(3)9-14)11-16(15)19-17(21)6-8-24(4,22)23;/h5,7,9,12,15-16H,6,8,10-11H2,1-4H3,(H,19,21);1H/t15-,16+;/m1./s1. The van der Waals surface area contributed by atoms with E-state index in [-0.39, 0.29) is 36.5 Å². The number of rotatable bonds is 6. The van der Waals surface area contributed by atoms with Gasteiger partial charge in [0.2, 0.25) is 5.91 Å². The van der Waals surface area contributed by atoms with Gasteiger partial charge in [0.05, 0.1) is 11.8 Å². The quantitative estimate of drug-likeness (QED) is 0.802. The molecule has 0 aliphatic carbocycles. The van der Waals surface area contributed by atoms with Crippen LogP contribution in [0.2, 0.25) is 0 Å². The monoisotopic (exact) mass is 389 g/mol. The number of aryl methyl sites for hydroxylation is 1. The summed E-state index contributed by atoms with van der Waals surface area (Å²) in [5, 5.41) is 3.04. The molecule has 142 valence electrons. The number of sulfone groups is 1. The van der Waals surface area contributed by atoms with E-state index in [0.29, 0.717) is 11.8 Å². The van der Waals surface area contributed by atoms with Crippen molar-refractivity contribution in [3.8, 4) is 0 Å². The largest absolute Gasteiger partial charge is 0.369 e. The van der Waals surface area contributed by atoms with E-state index in [1.165, 1.54) is 0 Å². The Bertz CT molecular complexity index is 694. The minimum Gasteiger partial charge on any atom is -0.369 e. The Balaban J connectivity index is 0.00000312. The Morgan fingerprint density at radius 3 is 2.64 bits per heavy atom. The van der Waals surface area contributed by atoms with Gasteiger partial charge in [-0.25, -0.2) is 8.42 Å². The zero-order valence-corrected chi connectivity index (χ0v) is 16.9. The van der Waals surface area contributed by atoms with Crippen LogP contribution in [0.1, 0.15) is 26.0 Å². The molecule has 1 amide bonds. The number of nitrogens with one attached hydrogen (secondary N) is 1. The summed E-state index contributed by atoms with van der Waals surface area (Å²) in [6, 6.07) is 4.06. The average molecular weight is 390 g/mol. The summed E-state index contributed by atoms with van der Waals surface area (Å²) in [5.41, 5.74) is 2.08. The first-order valence-electron chi connectivity index (χ1n) is 8.30. The number of amides is 1. The fraction of sp³-hybridized carbons (Fsp3) is 0.647. The highest BCUT2D eigenvalue weighted by atomic mass is 35.5. The average Bonchev–Trinajstić information content (AvgIpc) is 2.88. The number of anilines is 1. The third-order valence-electron chi connectivity index (χ3n) is 4.51. The molecule has 0 aromatic carbocycles. The summed E-state index contributed by atoms with van der Waals surface area (Å²) >= 11 is 0. The topological polar surface area (TPSA) is 79.4 Å². The van der Waals surface area contributed by atoms with Crippen molar-refractivity contribution in [2.45, 2.75) is 33.2 Å². The van der Waals surface area contributed by atoms with Gasteiger partial charge >= 0.3 is 0 Å². The molecule has 25 heavy (non-hydrogen) atoms. The lowest BCUT2D eigenvalue weighted by Crippen LogP contribution is -2.42. The van der Waals surface area contributed by atoms with Crippen molar-refractivity contribution in [1.29, 1.82) is 0 Å². The van der Waals surface area contributed by atoms with Gasteiger partial charge in [0.1, 0.15) is 9.84 Å². The van der Waals surface area contributed by atoms with Crippen LogP contribution in [0.3, 0.4) is 0 Å². The van der Waals surface area contributed by atoms with Gasteiger partial charge in [-0.15, -0.1) is 12.4 Å². The Morgan fingerprint density at radius 2 is 2.08 bits per heavy atom. The minimum absolute atomic E-state index is 0. The van der Waals surface area contributed by atoms with E-state index in [1.807, 2.05) is 19.1 Å². The summed E-state index contributed by atoms with van der Waals surface area (Å²) in [6.07, 6.45) is 2.97. The van der Waals surface area contributed by atoms with E-state index < -0.39 is 9.84 Å². The van der Waals surface area contributed by atoms with Crippen LogP contribution < -0.4 is 10.2 Å². The maximum Gasteiger partial charge on any atom is 0.221 e. The highest BCUT2D eigenvalue weighted by molar-refractivity contribution is 7.90. The van der Waals surface area contributed by atoms with Gasteiger partial charge in [0.15, 0.2) is 0 Å². The molecule has 2 heterocycles. The third kappa shape index (κ3) is 6.47. The first-order chi connectivity index (χ1) is 11.2. The second kappa shape index (κ2) is 8.85. The fourth-order valence-corrected chi connectivity index (χ4v) is 3.71. The molecule has 1 fully saturated rings. The number of hydrogen-bond donors (Lipinski definition) is 1. The maximum absolute atomic E-state index is 12.1. The van der Waals surface area contributed by atoms with Crippen molar-refractivity contribution in [2.75, 3.05) is 30.0 Å². The molecular weight excluding hydrogens is 362 g/mol. The lowest BCUT2D eigenvalue weighted by molar-refractivity contribution is -0.121. The fourth-order valence-electron chi connectivity index (χ4n) is 3.15. The summed E-state index contributed by atoms with van der Waals surface area (Å²) in [6.45, 7) is 7.88. The molecular formula is C17H28ClN3O3S. The van der Waals surface area contributed by atoms with Crippen LogP contribution in [-0.2, 0) is 14.6 Å². The van der Waals surface area contributed by atoms with Crippen LogP contribution in [0.15, 0.2) is 18.3 Å². The van der Waals surface area contributed by atoms with E-state index in [0.717, 1.165) is 30.7 Å². The van der Waals surface area contributed by atoms with Gasteiger partial charge in [-0.3, -0.25) is 9.78 Å². The predicted molar refractivity (Wildman–Crippen MR) is 103 cm³/mol. The van der Waals surface area contributed by atoms with Crippen molar-refractivity contribution in [1.82, 2.24) is 10.3 Å². The zero-order chi connectivity index (χ0) is 17.9. The molecule has 1 aliphatic rings. The third-order valence-corrected chi connectivity index (χ3v) is 5.46. The molecule has 0 spiro atoms. The normalized spacial score (nSPS) is 20.4. The van der Waals surface area contributed by atoms with E-state index in [1.54, 1.807) is 6.20 Å². The molecule has 1 saturated heterocycles. The van der Waals surface area contributed by atoms with Crippen LogP contribution >= 0.6 is 12.4 Å². The van der Waals surface area contributed by atoms with Crippen molar-refractivity contribution in [2.24, 2.45) is 11.8 Å². The lowest BCUT2D eigenvalue weighted by Gasteiger charge is -2.22. The molecule has 0 bridgehead atoms. The summed E-state index contributed by atoms with van der Waals surface area (Å²) in [4.78, 5) is 18.6. The van der Waals surface area contributed by atoms with Gasteiger partial charge in [-0.1, -0.05) is 13.8 Å². The van der Waals surface area contributed by atoms with Gasteiger partial charge in [-0.2, -0.15) is 0 Å². The van der Waals surface area contributed by atoms with Gasteiger partial charge in [-0.05, 0) is 25.0 Å². The molecule has 2 atom stereocenters. The number of carbonyl (C=O) groups is 1. The number of carbonyl (C=O) groups excluding carboxylic acids is 1. The van der Waals surface area contributed by atoms with Crippen LogP contribution in [-0.4, -0.2) is 50.4 Å². The minimum atomic E-state index is -3.12. The van der Waals surface area contributed by atoms with Crippen molar-refractivity contribution in [3.05, 3.63) is 24.0 Å². The number of pyridine rings is 1. The molecule has 0 unspecified atom stereocenters. The number of aromatic nitrogens is 1. The number of hydrogen-bond acceptors (Lipinski definition) is 5. The van der Waals surface area contributed by atoms with E-state index in [9.17, 15) is 13.2 Å². The lowest BCUT2D eigenvalue weighted by atomic mass is 9.91. The van der Waals surface area contributed by atoms with E-state index >= 15 is 0 Å². The van der Waals surface area contributed by atoms with Crippen molar-refractivity contribution >= 4 is 33.8 Å². The van der Waals surface area contributed by atoms with E-state index in [4.69, 9.17) is 0 Å². The molecule has 8 heteroatoms. The Morgan fingerprint density at radius 1 is 1.40 bits per heavy atom. The van der Waals surface area contributed by atoms with Gasteiger partial charge in [0.25, 0.3) is 0 Å². The number of nitrogens with zero attached hydrogens (tertiary/aromatic N) is 2. The zero-order valence-electron chi connectivity index (χ0n) is 15.2. The second-order valence-electron chi connectivity index (χ2n) is 7.02. The molecule has 1 N–H and O–H groups in total. The molecule has 6 nitrogen and oxygen atoms in total. The van der Waals surface area contributed by atoms with Crippen LogP contribution in [0.5, 0.6) is 0 Å². The molecule has 0 radical (unpaired) electrons. The Labute approximate surface area is 156 Å². The SMILES string of the molecule is Cc1cc(N2C[C@H](NC(=O)CCS(C)(=O)=O)[C@@H](C(C)C)C2)ccn1.Cl. The highest BCUT2D eigenvalue weighted by Gasteiger charge is 2.35. The molecule has 1 aromatic rings. The molecule has 2 rings (SSSR count). The predicted octanol–water partition coefficient (Wildman–Crippen LogP) is 1.82. The summed E-state index contributed by atoms with van der Waals surface area (Å²) < 4.78 is 22.4. The number of halogens is 1. The Hall–Kier alpha value is -1.34. The van der Waals surface area contributed by atoms with E-state index in [2.05, 4.69) is 29.0 Å².